The lowest BCUT2D eigenvalue weighted by molar-refractivity contribution is -0.128. The van der Waals surface area contributed by atoms with Crippen LogP contribution in [0.5, 0.6) is 0 Å². The number of benzene rings is 1. The van der Waals surface area contributed by atoms with Crippen molar-refractivity contribution in [3.05, 3.63) is 35.4 Å². The van der Waals surface area contributed by atoms with Crippen molar-refractivity contribution < 1.29 is 9.59 Å². The number of nitrogens with one attached hydrogen (secondary N) is 2. The van der Waals surface area contributed by atoms with Crippen molar-refractivity contribution in [2.24, 2.45) is 4.99 Å². The summed E-state index contributed by atoms with van der Waals surface area (Å²) in [6.45, 7) is 4.92. The van der Waals surface area contributed by atoms with E-state index in [-0.39, 0.29) is 42.3 Å². The van der Waals surface area contributed by atoms with Crippen molar-refractivity contribution in [3.63, 3.8) is 0 Å². The van der Waals surface area contributed by atoms with Crippen molar-refractivity contribution in [2.45, 2.75) is 32.9 Å². The normalized spacial score (nSPS) is 14.0. The number of nitrogens with zero attached hydrogens (tertiary/aromatic N) is 3. The van der Waals surface area contributed by atoms with Gasteiger partial charge in [0.2, 0.25) is 11.8 Å². The molecule has 150 valence electrons. The molecule has 7 nitrogen and oxygen atoms in total. The van der Waals surface area contributed by atoms with Gasteiger partial charge in [0, 0.05) is 40.2 Å². The highest BCUT2D eigenvalue weighted by molar-refractivity contribution is 14.0. The Morgan fingerprint density at radius 2 is 2.00 bits per heavy atom. The number of carbonyl (C=O) groups excluding carboxylic acids is 2. The second-order valence-corrected chi connectivity index (χ2v) is 6.58. The van der Waals surface area contributed by atoms with Gasteiger partial charge in [-0.25, -0.2) is 4.99 Å². The molecule has 0 unspecified atom stereocenters. The summed E-state index contributed by atoms with van der Waals surface area (Å²) in [6.07, 6.45) is 1.61. The van der Waals surface area contributed by atoms with E-state index in [9.17, 15) is 9.59 Å². The topological polar surface area (TPSA) is 77.0 Å². The van der Waals surface area contributed by atoms with E-state index in [2.05, 4.69) is 21.7 Å². The fourth-order valence-corrected chi connectivity index (χ4v) is 2.75. The number of halogens is 1. The molecule has 1 aliphatic heterocycles. The highest BCUT2D eigenvalue weighted by Crippen LogP contribution is 2.15. The van der Waals surface area contributed by atoms with Crippen LogP contribution >= 0.6 is 24.0 Å². The molecule has 0 radical (unpaired) electrons. The van der Waals surface area contributed by atoms with Gasteiger partial charge < -0.3 is 20.4 Å². The first-order valence-electron chi connectivity index (χ1n) is 9.07. The maximum absolute atomic E-state index is 11.8. The lowest BCUT2D eigenvalue weighted by Gasteiger charge is -2.16. The Labute approximate surface area is 178 Å². The highest BCUT2D eigenvalue weighted by atomic mass is 127. The maximum atomic E-state index is 11.8. The monoisotopic (exact) mass is 487 g/mol. The number of amides is 2. The van der Waals surface area contributed by atoms with Crippen LogP contribution in [0, 0.1) is 0 Å². The number of rotatable bonds is 7. The van der Waals surface area contributed by atoms with E-state index in [0.717, 1.165) is 30.6 Å². The third-order valence-corrected chi connectivity index (χ3v) is 4.21. The maximum Gasteiger partial charge on any atom is 0.241 e. The van der Waals surface area contributed by atoms with E-state index in [1.165, 1.54) is 0 Å². The van der Waals surface area contributed by atoms with Gasteiger partial charge in [0.05, 0.1) is 13.1 Å². The molecule has 0 aliphatic carbocycles. The van der Waals surface area contributed by atoms with Gasteiger partial charge >= 0.3 is 0 Å². The molecule has 2 rings (SSSR count). The zero-order valence-corrected chi connectivity index (χ0v) is 18.7. The number of guanidine groups is 1. The number of likely N-dealkylation sites (N-methyl/N-ethyl adjacent to an activating group) is 1. The Balaban J connectivity index is 0.00000364. The van der Waals surface area contributed by atoms with E-state index >= 15 is 0 Å². The van der Waals surface area contributed by atoms with Crippen molar-refractivity contribution >= 4 is 41.8 Å². The summed E-state index contributed by atoms with van der Waals surface area (Å²) in [4.78, 5) is 31.5. The predicted octanol–water partition coefficient (Wildman–Crippen LogP) is 1.57. The minimum Gasteiger partial charge on any atom is -0.357 e. The fourth-order valence-electron chi connectivity index (χ4n) is 2.75. The average Bonchev–Trinajstić information content (AvgIpc) is 3.02. The molecule has 0 bridgehead atoms. The van der Waals surface area contributed by atoms with Crippen molar-refractivity contribution in [1.29, 1.82) is 0 Å². The third kappa shape index (κ3) is 7.74. The highest BCUT2D eigenvalue weighted by Gasteiger charge is 2.19. The van der Waals surface area contributed by atoms with E-state index in [4.69, 9.17) is 0 Å². The van der Waals surface area contributed by atoms with Gasteiger partial charge in [-0.2, -0.15) is 0 Å². The standard InChI is InChI=1S/C19H29N5O2.HI/c1-4-20-19(22-13-18(26)23(2)3)21-12-15-7-5-8-16(11-15)14-24-10-6-9-17(24)25;/h5,7-8,11H,4,6,9-10,12-14H2,1-3H3,(H2,20,21,22);1H. The lowest BCUT2D eigenvalue weighted by atomic mass is 10.1. The second-order valence-electron chi connectivity index (χ2n) is 6.58. The van der Waals surface area contributed by atoms with Crippen LogP contribution < -0.4 is 10.6 Å². The molecule has 8 heteroatoms. The van der Waals surface area contributed by atoms with Gasteiger partial charge in [-0.15, -0.1) is 24.0 Å². The average molecular weight is 487 g/mol. The Morgan fingerprint density at radius 3 is 2.63 bits per heavy atom. The molecule has 0 aromatic heterocycles. The molecule has 27 heavy (non-hydrogen) atoms. The van der Waals surface area contributed by atoms with Gasteiger partial charge in [0.1, 0.15) is 0 Å². The summed E-state index contributed by atoms with van der Waals surface area (Å²) < 4.78 is 0. The molecule has 0 saturated carbocycles. The van der Waals surface area contributed by atoms with Crippen LogP contribution in [0.25, 0.3) is 0 Å². The first kappa shape index (κ1) is 23.2. The molecule has 1 saturated heterocycles. The molecule has 1 fully saturated rings. The number of carbonyl (C=O) groups is 2. The molecule has 2 N–H and O–H groups in total. The number of likely N-dealkylation sites (tertiary alicyclic amines) is 1. The van der Waals surface area contributed by atoms with Crippen LogP contribution in [0.4, 0.5) is 0 Å². The summed E-state index contributed by atoms with van der Waals surface area (Å²) in [7, 11) is 3.45. The van der Waals surface area contributed by atoms with E-state index < -0.39 is 0 Å². The molecular formula is C19H30IN5O2. The summed E-state index contributed by atoms with van der Waals surface area (Å²) in [5.74, 6) is 0.841. The molecular weight excluding hydrogens is 457 g/mol. The minimum absolute atomic E-state index is 0. The predicted molar refractivity (Wildman–Crippen MR) is 118 cm³/mol. The van der Waals surface area contributed by atoms with Crippen LogP contribution in [0.1, 0.15) is 30.9 Å². The van der Waals surface area contributed by atoms with Gasteiger partial charge in [0.25, 0.3) is 0 Å². The quantitative estimate of drug-likeness (QED) is 0.348. The van der Waals surface area contributed by atoms with Crippen LogP contribution in [-0.2, 0) is 22.7 Å². The zero-order chi connectivity index (χ0) is 18.9. The SMILES string of the molecule is CCNC(=NCc1cccc(CN2CCCC2=O)c1)NCC(=O)N(C)C.I. The Morgan fingerprint density at radius 1 is 1.26 bits per heavy atom. The Bertz CT molecular complexity index is 663. The number of aliphatic imine (C=N–C) groups is 1. The Kier molecular flexibility index (Phi) is 10.1. The second kappa shape index (κ2) is 11.8. The van der Waals surface area contributed by atoms with Crippen molar-refractivity contribution in [3.8, 4) is 0 Å². The summed E-state index contributed by atoms with van der Waals surface area (Å²) >= 11 is 0. The Hall–Kier alpha value is -1.84. The van der Waals surface area contributed by atoms with Crippen LogP contribution in [0.2, 0.25) is 0 Å². The van der Waals surface area contributed by atoms with Gasteiger partial charge in [-0.3, -0.25) is 9.59 Å². The van der Waals surface area contributed by atoms with Crippen LogP contribution in [0.15, 0.2) is 29.3 Å². The lowest BCUT2D eigenvalue weighted by Crippen LogP contribution is -2.42. The molecule has 1 heterocycles. The molecule has 1 aliphatic rings. The summed E-state index contributed by atoms with van der Waals surface area (Å²) in [5.41, 5.74) is 2.19. The van der Waals surface area contributed by atoms with Crippen LogP contribution in [0.3, 0.4) is 0 Å². The van der Waals surface area contributed by atoms with E-state index in [1.54, 1.807) is 19.0 Å². The van der Waals surface area contributed by atoms with Gasteiger partial charge in [0.15, 0.2) is 5.96 Å². The van der Waals surface area contributed by atoms with Gasteiger partial charge in [-0.1, -0.05) is 24.3 Å². The fraction of sp³-hybridized carbons (Fsp3) is 0.526. The van der Waals surface area contributed by atoms with E-state index in [1.807, 2.05) is 30.0 Å². The first-order chi connectivity index (χ1) is 12.5. The van der Waals surface area contributed by atoms with Crippen molar-refractivity contribution in [1.82, 2.24) is 20.4 Å². The minimum atomic E-state index is -0.00659. The smallest absolute Gasteiger partial charge is 0.241 e. The zero-order valence-electron chi connectivity index (χ0n) is 16.3. The molecule has 1 aromatic carbocycles. The largest absolute Gasteiger partial charge is 0.357 e. The first-order valence-corrected chi connectivity index (χ1v) is 9.07. The summed E-state index contributed by atoms with van der Waals surface area (Å²) in [6, 6.07) is 8.14. The molecule has 2 amide bonds. The molecule has 0 atom stereocenters. The van der Waals surface area contributed by atoms with E-state index in [0.29, 0.717) is 25.5 Å². The summed E-state index contributed by atoms with van der Waals surface area (Å²) in [5, 5.41) is 6.19. The number of hydrogen-bond donors (Lipinski definition) is 2. The molecule has 1 aromatic rings. The van der Waals surface area contributed by atoms with Crippen LogP contribution in [-0.4, -0.2) is 61.3 Å². The molecule has 0 spiro atoms. The third-order valence-electron chi connectivity index (χ3n) is 4.21. The number of hydrogen-bond acceptors (Lipinski definition) is 3. The van der Waals surface area contributed by atoms with Crippen molar-refractivity contribution in [2.75, 3.05) is 33.7 Å². The van der Waals surface area contributed by atoms with Gasteiger partial charge in [-0.05, 0) is 24.5 Å².